The van der Waals surface area contributed by atoms with Crippen molar-refractivity contribution in [2.75, 3.05) is 0 Å². The fraction of sp³-hybridized carbons (Fsp3) is 0.231. The van der Waals surface area contributed by atoms with E-state index in [2.05, 4.69) is 9.97 Å². The Kier molecular flexibility index (Phi) is 3.18. The summed E-state index contributed by atoms with van der Waals surface area (Å²) in [4.78, 5) is 18.0. The van der Waals surface area contributed by atoms with Crippen LogP contribution in [0, 0.1) is 13.8 Å². The minimum absolute atomic E-state index is 0.0914. The predicted molar refractivity (Wildman–Crippen MR) is 64.8 cm³/mol. The van der Waals surface area contributed by atoms with Crippen molar-refractivity contribution in [2.24, 2.45) is 0 Å². The summed E-state index contributed by atoms with van der Waals surface area (Å²) in [5.41, 5.74) is -0.0163. The molecule has 100 valence electrons. The van der Waals surface area contributed by atoms with E-state index in [0.717, 1.165) is 6.07 Å². The molecule has 2 rings (SSSR count). The van der Waals surface area contributed by atoms with Gasteiger partial charge in [0.2, 0.25) is 0 Å². The van der Waals surface area contributed by atoms with Gasteiger partial charge in [-0.2, -0.15) is 13.2 Å². The van der Waals surface area contributed by atoms with Crippen molar-refractivity contribution in [3.05, 3.63) is 51.6 Å². The lowest BCUT2D eigenvalue weighted by atomic mass is 10.1. The second kappa shape index (κ2) is 4.53. The van der Waals surface area contributed by atoms with Crippen LogP contribution in [-0.2, 0) is 6.18 Å². The molecule has 0 aliphatic rings. The van der Waals surface area contributed by atoms with Crippen LogP contribution in [0.25, 0.3) is 11.3 Å². The summed E-state index contributed by atoms with van der Waals surface area (Å²) in [5.74, 6) is 0. The Hall–Kier alpha value is -2.11. The highest BCUT2D eigenvalue weighted by Crippen LogP contribution is 2.33. The highest BCUT2D eigenvalue weighted by molar-refractivity contribution is 5.59. The summed E-state index contributed by atoms with van der Waals surface area (Å²) >= 11 is 0. The summed E-state index contributed by atoms with van der Waals surface area (Å²) in [6.07, 6.45) is -3.15. The van der Waals surface area contributed by atoms with Gasteiger partial charge in [0, 0.05) is 35.3 Å². The average Bonchev–Trinajstić information content (AvgIpc) is 2.26. The van der Waals surface area contributed by atoms with Crippen molar-refractivity contribution in [3.8, 4) is 11.3 Å². The number of pyridine rings is 2. The molecule has 0 radical (unpaired) electrons. The van der Waals surface area contributed by atoms with Gasteiger partial charge >= 0.3 is 6.18 Å². The van der Waals surface area contributed by atoms with Gasteiger partial charge in [-0.15, -0.1) is 0 Å². The van der Waals surface area contributed by atoms with Crippen molar-refractivity contribution < 1.29 is 13.2 Å². The molecule has 3 nitrogen and oxygen atoms in total. The maximum atomic E-state index is 12.8. The van der Waals surface area contributed by atoms with Crippen LogP contribution in [0.15, 0.2) is 29.2 Å². The Balaban J connectivity index is 2.61. The minimum Gasteiger partial charge on any atom is -0.358 e. The molecular formula is C13H11F3N2O. The number of aromatic nitrogens is 2. The van der Waals surface area contributed by atoms with E-state index in [0.29, 0.717) is 11.4 Å². The van der Waals surface area contributed by atoms with Crippen molar-refractivity contribution in [2.45, 2.75) is 20.0 Å². The molecule has 0 aliphatic heterocycles. The Morgan fingerprint density at radius 3 is 2.42 bits per heavy atom. The van der Waals surface area contributed by atoms with Crippen LogP contribution in [0.4, 0.5) is 13.2 Å². The summed E-state index contributed by atoms with van der Waals surface area (Å²) in [6.45, 7) is 2.96. The quantitative estimate of drug-likeness (QED) is 0.863. The summed E-state index contributed by atoms with van der Waals surface area (Å²) in [7, 11) is 0. The number of hydrogen-bond donors (Lipinski definition) is 1. The molecule has 6 heteroatoms. The van der Waals surface area contributed by atoms with Gasteiger partial charge in [-0.25, -0.2) is 0 Å². The van der Waals surface area contributed by atoms with Gasteiger partial charge in [0.15, 0.2) is 5.43 Å². The van der Waals surface area contributed by atoms with Gasteiger partial charge in [0.05, 0.1) is 11.3 Å². The number of aromatic amines is 1. The predicted octanol–water partition coefficient (Wildman–Crippen LogP) is 3.07. The molecule has 19 heavy (non-hydrogen) atoms. The lowest BCUT2D eigenvalue weighted by Gasteiger charge is -2.11. The van der Waals surface area contributed by atoms with Crippen LogP contribution in [0.2, 0.25) is 0 Å². The number of aryl methyl sites for hydroxylation is 2. The molecule has 0 atom stereocenters. The van der Waals surface area contributed by atoms with Crippen LogP contribution in [0.1, 0.15) is 17.0 Å². The summed E-state index contributed by atoms with van der Waals surface area (Å²) < 4.78 is 38.4. The van der Waals surface area contributed by atoms with E-state index in [9.17, 15) is 18.0 Å². The topological polar surface area (TPSA) is 45.8 Å². The largest absolute Gasteiger partial charge is 0.418 e. The molecule has 0 aromatic carbocycles. The Morgan fingerprint density at radius 1 is 1.16 bits per heavy atom. The smallest absolute Gasteiger partial charge is 0.358 e. The van der Waals surface area contributed by atoms with E-state index in [1.54, 1.807) is 6.92 Å². The first kappa shape index (κ1) is 13.3. The zero-order chi connectivity index (χ0) is 14.2. The molecule has 2 aromatic heterocycles. The SMILES string of the molecule is Cc1cc(=O)cc(-c2cnc(C)c(C(F)(F)F)c2)[nH]1. The number of H-pyrrole nitrogens is 1. The van der Waals surface area contributed by atoms with Gasteiger partial charge in [-0.1, -0.05) is 0 Å². The van der Waals surface area contributed by atoms with Gasteiger partial charge in [-0.05, 0) is 19.9 Å². The first-order valence-corrected chi connectivity index (χ1v) is 5.52. The molecule has 0 unspecified atom stereocenters. The molecule has 1 N–H and O–H groups in total. The number of rotatable bonds is 1. The molecule has 0 aliphatic carbocycles. The number of nitrogens with zero attached hydrogens (tertiary/aromatic N) is 1. The van der Waals surface area contributed by atoms with Crippen molar-refractivity contribution >= 4 is 0 Å². The van der Waals surface area contributed by atoms with Crippen molar-refractivity contribution in [1.82, 2.24) is 9.97 Å². The van der Waals surface area contributed by atoms with E-state index in [1.807, 2.05) is 0 Å². The van der Waals surface area contributed by atoms with E-state index in [4.69, 9.17) is 0 Å². The van der Waals surface area contributed by atoms with Crippen molar-refractivity contribution in [3.63, 3.8) is 0 Å². The fourth-order valence-electron chi connectivity index (χ4n) is 1.80. The van der Waals surface area contributed by atoms with E-state index >= 15 is 0 Å². The third-order valence-electron chi connectivity index (χ3n) is 2.68. The highest BCUT2D eigenvalue weighted by Gasteiger charge is 2.33. The van der Waals surface area contributed by atoms with Gasteiger partial charge in [-0.3, -0.25) is 9.78 Å². The van der Waals surface area contributed by atoms with Gasteiger partial charge < -0.3 is 4.98 Å². The van der Waals surface area contributed by atoms with Crippen LogP contribution >= 0.6 is 0 Å². The van der Waals surface area contributed by atoms with Crippen LogP contribution < -0.4 is 5.43 Å². The molecule has 0 spiro atoms. The lowest BCUT2D eigenvalue weighted by molar-refractivity contribution is -0.138. The maximum Gasteiger partial charge on any atom is 0.418 e. The minimum atomic E-state index is -4.46. The third kappa shape index (κ3) is 2.83. The normalized spacial score (nSPS) is 11.6. The van der Waals surface area contributed by atoms with Gasteiger partial charge in [0.1, 0.15) is 0 Å². The zero-order valence-electron chi connectivity index (χ0n) is 10.3. The van der Waals surface area contributed by atoms with Crippen LogP contribution in [0.3, 0.4) is 0 Å². The second-order valence-corrected chi connectivity index (χ2v) is 4.27. The molecule has 0 saturated heterocycles. The van der Waals surface area contributed by atoms with Crippen molar-refractivity contribution in [1.29, 1.82) is 0 Å². The zero-order valence-corrected chi connectivity index (χ0v) is 10.3. The van der Waals surface area contributed by atoms with Crippen LogP contribution in [0.5, 0.6) is 0 Å². The number of halogens is 3. The van der Waals surface area contributed by atoms with E-state index < -0.39 is 11.7 Å². The maximum absolute atomic E-state index is 12.8. The fourth-order valence-corrected chi connectivity index (χ4v) is 1.80. The Morgan fingerprint density at radius 2 is 1.84 bits per heavy atom. The molecule has 2 heterocycles. The highest BCUT2D eigenvalue weighted by atomic mass is 19.4. The first-order valence-electron chi connectivity index (χ1n) is 5.52. The standard InChI is InChI=1S/C13H11F3N2O/c1-7-3-10(19)5-12(18-7)9-4-11(13(14,15)16)8(2)17-6-9/h3-6H,1-2H3,(H,18,19). The molecule has 0 amide bonds. The second-order valence-electron chi connectivity index (χ2n) is 4.27. The summed E-state index contributed by atoms with van der Waals surface area (Å²) in [5, 5.41) is 0. The molecular weight excluding hydrogens is 257 g/mol. The summed E-state index contributed by atoms with van der Waals surface area (Å²) in [6, 6.07) is 3.61. The number of nitrogens with one attached hydrogen (secondary N) is 1. The molecule has 0 bridgehead atoms. The first-order chi connectivity index (χ1) is 8.77. The molecule has 2 aromatic rings. The molecule has 0 saturated carbocycles. The van der Waals surface area contributed by atoms with E-state index in [-0.39, 0.29) is 16.7 Å². The monoisotopic (exact) mass is 268 g/mol. The number of alkyl halides is 3. The molecule has 0 fully saturated rings. The lowest BCUT2D eigenvalue weighted by Crippen LogP contribution is -2.09. The van der Waals surface area contributed by atoms with Gasteiger partial charge in [0.25, 0.3) is 0 Å². The average molecular weight is 268 g/mol. The van der Waals surface area contributed by atoms with E-state index in [1.165, 1.54) is 25.3 Å². The Labute approximate surface area is 107 Å². The Bertz CT molecular complexity index is 674. The number of hydrogen-bond acceptors (Lipinski definition) is 2. The van der Waals surface area contributed by atoms with Crippen LogP contribution in [-0.4, -0.2) is 9.97 Å². The third-order valence-corrected chi connectivity index (χ3v) is 2.68.